The molecule has 23 heavy (non-hydrogen) atoms. The van der Waals surface area contributed by atoms with E-state index in [4.69, 9.17) is 4.74 Å². The van der Waals surface area contributed by atoms with Gasteiger partial charge in [0.25, 0.3) is 0 Å². The summed E-state index contributed by atoms with van der Waals surface area (Å²) in [7, 11) is 1.31. The van der Waals surface area contributed by atoms with Gasteiger partial charge in [-0.25, -0.2) is 14.0 Å². The molecular weight excluding hydrogens is 301 g/mol. The highest BCUT2D eigenvalue weighted by Crippen LogP contribution is 2.34. The Morgan fingerprint density at radius 1 is 1.22 bits per heavy atom. The van der Waals surface area contributed by atoms with Crippen molar-refractivity contribution in [2.24, 2.45) is 0 Å². The third kappa shape index (κ3) is 4.21. The average molecular weight is 323 g/mol. The molecule has 5 nitrogen and oxygen atoms in total. The fourth-order valence-electron chi connectivity index (χ4n) is 2.58. The molecule has 6 heteroatoms. The van der Waals surface area contributed by atoms with E-state index < -0.39 is 29.9 Å². The number of carbonyl (C=O) groups is 2. The summed E-state index contributed by atoms with van der Waals surface area (Å²) in [5.41, 5.74) is 0.545. The largest absolute Gasteiger partial charge is 0.465 e. The number of hydrogen-bond acceptors (Lipinski definition) is 4. The zero-order chi connectivity index (χ0) is 17.2. The van der Waals surface area contributed by atoms with Gasteiger partial charge in [0.2, 0.25) is 0 Å². The van der Waals surface area contributed by atoms with Crippen LogP contribution in [-0.2, 0) is 9.47 Å². The minimum Gasteiger partial charge on any atom is -0.465 e. The fourth-order valence-corrected chi connectivity index (χ4v) is 2.58. The van der Waals surface area contributed by atoms with Crippen molar-refractivity contribution in [1.82, 2.24) is 4.90 Å². The van der Waals surface area contributed by atoms with Crippen molar-refractivity contribution in [3.63, 3.8) is 0 Å². The average Bonchev–Trinajstić information content (AvgIpc) is 2.87. The van der Waals surface area contributed by atoms with Crippen LogP contribution in [0.5, 0.6) is 0 Å². The first-order valence-corrected chi connectivity index (χ1v) is 7.53. The van der Waals surface area contributed by atoms with E-state index >= 15 is 0 Å². The molecule has 1 heterocycles. The van der Waals surface area contributed by atoms with E-state index in [0.717, 1.165) is 5.56 Å². The molecule has 0 unspecified atom stereocenters. The second-order valence-corrected chi connectivity index (χ2v) is 6.60. The van der Waals surface area contributed by atoms with Gasteiger partial charge in [-0.2, -0.15) is 0 Å². The second-order valence-electron chi connectivity index (χ2n) is 6.60. The van der Waals surface area contributed by atoms with E-state index in [1.807, 2.05) is 0 Å². The lowest BCUT2D eigenvalue weighted by molar-refractivity contribution is 0.0216. The van der Waals surface area contributed by atoms with Crippen LogP contribution in [0.15, 0.2) is 24.3 Å². The van der Waals surface area contributed by atoms with E-state index in [-0.39, 0.29) is 13.0 Å². The minimum absolute atomic E-state index is 0.0122. The number of nitrogens with zero attached hydrogens (tertiary/aromatic N) is 1. The zero-order valence-corrected chi connectivity index (χ0v) is 13.8. The molecule has 1 aromatic rings. The number of amides is 1. The van der Waals surface area contributed by atoms with E-state index in [1.54, 1.807) is 45.0 Å². The Kier molecular flexibility index (Phi) is 4.92. The molecule has 0 aliphatic carbocycles. The van der Waals surface area contributed by atoms with Crippen LogP contribution < -0.4 is 0 Å². The first-order chi connectivity index (χ1) is 10.7. The minimum atomic E-state index is -1.09. The number of halogens is 1. The molecule has 126 valence electrons. The summed E-state index contributed by atoms with van der Waals surface area (Å²) in [6.07, 6.45) is -1.40. The Bertz CT molecular complexity index is 579. The third-order valence-corrected chi connectivity index (χ3v) is 3.59. The van der Waals surface area contributed by atoms with Crippen molar-refractivity contribution in [1.29, 1.82) is 0 Å². The van der Waals surface area contributed by atoms with Gasteiger partial charge >= 0.3 is 12.1 Å². The Hall–Kier alpha value is -2.11. The molecule has 1 aliphatic rings. The van der Waals surface area contributed by atoms with E-state index in [0.29, 0.717) is 5.56 Å². The Balaban J connectivity index is 2.19. The first kappa shape index (κ1) is 17.2. The summed E-state index contributed by atoms with van der Waals surface area (Å²) in [5.74, 6) is -0.435. The SMILES string of the molecule is COC(=O)c1ccc([C@H]2C[C@H](F)CN2C(=O)OC(C)(C)C)cc1. The van der Waals surface area contributed by atoms with Crippen LogP contribution in [0.4, 0.5) is 9.18 Å². The molecule has 1 fully saturated rings. The van der Waals surface area contributed by atoms with Crippen molar-refractivity contribution >= 4 is 12.1 Å². The predicted molar refractivity (Wildman–Crippen MR) is 83.0 cm³/mol. The van der Waals surface area contributed by atoms with Crippen molar-refractivity contribution in [2.75, 3.05) is 13.7 Å². The molecule has 1 saturated heterocycles. The van der Waals surface area contributed by atoms with Crippen molar-refractivity contribution in [3.8, 4) is 0 Å². The number of ether oxygens (including phenoxy) is 2. The normalized spacial score (nSPS) is 21.2. The van der Waals surface area contributed by atoms with Gasteiger partial charge in [-0.15, -0.1) is 0 Å². The third-order valence-electron chi connectivity index (χ3n) is 3.59. The highest BCUT2D eigenvalue weighted by molar-refractivity contribution is 5.89. The van der Waals surface area contributed by atoms with E-state index in [2.05, 4.69) is 4.74 Å². The smallest absolute Gasteiger partial charge is 0.410 e. The molecule has 1 amide bonds. The summed E-state index contributed by atoms with van der Waals surface area (Å²) in [6.45, 7) is 5.33. The van der Waals surface area contributed by atoms with Crippen LogP contribution in [0.3, 0.4) is 0 Å². The number of likely N-dealkylation sites (tertiary alicyclic amines) is 1. The predicted octanol–water partition coefficient (Wildman–Crippen LogP) is 3.49. The fraction of sp³-hybridized carbons (Fsp3) is 0.529. The lowest BCUT2D eigenvalue weighted by atomic mass is 10.0. The highest BCUT2D eigenvalue weighted by atomic mass is 19.1. The molecule has 0 bridgehead atoms. The molecule has 0 aromatic heterocycles. The maximum atomic E-state index is 13.8. The number of esters is 1. The van der Waals surface area contributed by atoms with Crippen LogP contribution in [0.25, 0.3) is 0 Å². The van der Waals surface area contributed by atoms with Gasteiger partial charge in [-0.1, -0.05) is 12.1 Å². The summed E-state index contributed by atoms with van der Waals surface area (Å²) >= 11 is 0. The summed E-state index contributed by atoms with van der Waals surface area (Å²) in [5, 5.41) is 0. The number of methoxy groups -OCH3 is 1. The highest BCUT2D eigenvalue weighted by Gasteiger charge is 2.38. The Morgan fingerprint density at radius 3 is 2.35 bits per heavy atom. The van der Waals surface area contributed by atoms with Crippen LogP contribution >= 0.6 is 0 Å². The zero-order valence-electron chi connectivity index (χ0n) is 13.8. The van der Waals surface area contributed by atoms with Crippen molar-refractivity contribution < 1.29 is 23.5 Å². The lowest BCUT2D eigenvalue weighted by Crippen LogP contribution is -2.37. The van der Waals surface area contributed by atoms with Crippen LogP contribution in [0, 0.1) is 0 Å². The van der Waals surface area contributed by atoms with Gasteiger partial charge in [0.1, 0.15) is 11.8 Å². The van der Waals surface area contributed by atoms with Gasteiger partial charge in [0.15, 0.2) is 0 Å². The molecule has 0 saturated carbocycles. The van der Waals surface area contributed by atoms with Gasteiger partial charge in [0.05, 0.1) is 25.3 Å². The summed E-state index contributed by atoms with van der Waals surface area (Å²) in [6, 6.07) is 6.25. The topological polar surface area (TPSA) is 55.8 Å². The molecule has 2 atom stereocenters. The number of rotatable bonds is 2. The summed E-state index contributed by atoms with van der Waals surface area (Å²) < 4.78 is 23.8. The van der Waals surface area contributed by atoms with Gasteiger partial charge in [-0.05, 0) is 38.5 Å². The Labute approximate surface area is 135 Å². The van der Waals surface area contributed by atoms with E-state index in [9.17, 15) is 14.0 Å². The maximum Gasteiger partial charge on any atom is 0.410 e. The first-order valence-electron chi connectivity index (χ1n) is 7.53. The number of alkyl halides is 1. The van der Waals surface area contributed by atoms with Crippen molar-refractivity contribution in [3.05, 3.63) is 35.4 Å². The number of carbonyl (C=O) groups excluding carboxylic acids is 2. The summed E-state index contributed by atoms with van der Waals surface area (Å²) in [4.78, 5) is 25.1. The molecule has 2 rings (SSSR count). The maximum absolute atomic E-state index is 13.8. The van der Waals surface area contributed by atoms with E-state index in [1.165, 1.54) is 12.0 Å². The van der Waals surface area contributed by atoms with Crippen LogP contribution in [0.1, 0.15) is 49.2 Å². The lowest BCUT2D eigenvalue weighted by Gasteiger charge is -2.28. The van der Waals surface area contributed by atoms with Gasteiger partial charge in [0, 0.05) is 6.42 Å². The molecule has 0 spiro atoms. The molecular formula is C17H22FNO4. The molecule has 0 radical (unpaired) electrons. The monoisotopic (exact) mass is 323 g/mol. The molecule has 1 aliphatic heterocycles. The molecule has 1 aromatic carbocycles. The standard InChI is InChI=1S/C17H22FNO4/c1-17(2,3)23-16(21)19-10-13(18)9-14(19)11-5-7-12(8-6-11)15(20)22-4/h5-8,13-14H,9-10H2,1-4H3/t13-,14+/m0/s1. The van der Waals surface area contributed by atoms with Gasteiger partial charge in [-0.3, -0.25) is 4.90 Å². The van der Waals surface area contributed by atoms with Gasteiger partial charge < -0.3 is 9.47 Å². The quantitative estimate of drug-likeness (QED) is 0.782. The van der Waals surface area contributed by atoms with Crippen molar-refractivity contribution in [2.45, 2.75) is 45.0 Å². The second kappa shape index (κ2) is 6.56. The number of hydrogen-bond donors (Lipinski definition) is 0. The molecule has 0 N–H and O–H groups in total. The Morgan fingerprint density at radius 2 is 1.83 bits per heavy atom. The van der Waals surface area contributed by atoms with Crippen LogP contribution in [-0.4, -0.2) is 42.4 Å². The number of benzene rings is 1. The van der Waals surface area contributed by atoms with Crippen LogP contribution in [0.2, 0.25) is 0 Å².